The molecule has 1 aromatic carbocycles. The van der Waals surface area contributed by atoms with E-state index in [4.69, 9.17) is 4.74 Å². The molecule has 3 rings (SSSR count). The van der Waals surface area contributed by atoms with Gasteiger partial charge in [0.2, 0.25) is 5.91 Å². The molecule has 0 radical (unpaired) electrons. The van der Waals surface area contributed by atoms with Crippen LogP contribution < -0.4 is 10.6 Å². The van der Waals surface area contributed by atoms with Gasteiger partial charge in [0.15, 0.2) is 0 Å². The minimum atomic E-state index is -0.392. The van der Waals surface area contributed by atoms with Crippen LogP contribution in [0, 0.1) is 11.3 Å². The molecule has 1 aromatic rings. The predicted molar refractivity (Wildman–Crippen MR) is 108 cm³/mol. The van der Waals surface area contributed by atoms with Crippen molar-refractivity contribution in [3.63, 3.8) is 0 Å². The van der Waals surface area contributed by atoms with Crippen LogP contribution in [0.3, 0.4) is 0 Å². The Morgan fingerprint density at radius 2 is 2.04 bits per heavy atom. The second-order valence-electron chi connectivity index (χ2n) is 8.40. The molecule has 0 spiro atoms. The normalized spacial score (nSPS) is 23.1. The topological polar surface area (TPSA) is 53.6 Å². The number of methoxy groups -OCH3 is 1. The smallest absolute Gasteiger partial charge is 0.228 e. The molecule has 2 aliphatic heterocycles. The van der Waals surface area contributed by atoms with E-state index in [0.29, 0.717) is 13.2 Å². The van der Waals surface area contributed by atoms with E-state index in [0.717, 1.165) is 38.4 Å². The Labute approximate surface area is 163 Å². The summed E-state index contributed by atoms with van der Waals surface area (Å²) in [4.78, 5) is 15.5. The highest BCUT2D eigenvalue weighted by molar-refractivity contribution is 5.83. The lowest BCUT2D eigenvalue weighted by Gasteiger charge is -2.35. The standard InChI is InChI=1S/C22H35N3O2/c1-18-6-5-13-25(15-18)16-20-8-4-3-7-19(20)14-24-21(26)22(17-27-2)9-11-23-12-10-22/h3-4,7-8,18,23H,5-6,9-17H2,1-2H3,(H,24,26). The maximum atomic E-state index is 13.0. The Morgan fingerprint density at radius 1 is 1.30 bits per heavy atom. The molecule has 2 saturated heterocycles. The average molecular weight is 374 g/mol. The molecule has 0 aliphatic carbocycles. The summed E-state index contributed by atoms with van der Waals surface area (Å²) < 4.78 is 5.40. The first kappa shape index (κ1) is 20.3. The zero-order valence-corrected chi connectivity index (χ0v) is 16.9. The molecule has 1 amide bonds. The first-order chi connectivity index (χ1) is 13.1. The van der Waals surface area contributed by atoms with E-state index in [1.54, 1.807) is 7.11 Å². The highest BCUT2D eigenvalue weighted by Gasteiger charge is 2.39. The summed E-state index contributed by atoms with van der Waals surface area (Å²) >= 11 is 0. The van der Waals surface area contributed by atoms with Crippen LogP contribution in [-0.4, -0.2) is 50.7 Å². The van der Waals surface area contributed by atoms with Gasteiger partial charge in [0.25, 0.3) is 0 Å². The van der Waals surface area contributed by atoms with Gasteiger partial charge in [-0.1, -0.05) is 31.2 Å². The minimum absolute atomic E-state index is 0.132. The highest BCUT2D eigenvalue weighted by atomic mass is 16.5. The summed E-state index contributed by atoms with van der Waals surface area (Å²) in [5.74, 6) is 0.909. The molecule has 2 fully saturated rings. The van der Waals surface area contributed by atoms with Gasteiger partial charge in [0, 0.05) is 26.7 Å². The van der Waals surface area contributed by atoms with E-state index in [-0.39, 0.29) is 5.91 Å². The van der Waals surface area contributed by atoms with Crippen molar-refractivity contribution >= 4 is 5.91 Å². The molecular formula is C22H35N3O2. The molecule has 5 nitrogen and oxygen atoms in total. The number of carbonyl (C=O) groups is 1. The maximum absolute atomic E-state index is 13.0. The Kier molecular flexibility index (Phi) is 7.27. The van der Waals surface area contributed by atoms with E-state index in [1.807, 2.05) is 0 Å². The number of piperidine rings is 2. The van der Waals surface area contributed by atoms with E-state index >= 15 is 0 Å². The zero-order chi connectivity index (χ0) is 19.1. The van der Waals surface area contributed by atoms with Gasteiger partial charge in [-0.2, -0.15) is 0 Å². The molecule has 1 unspecified atom stereocenters. The number of likely N-dealkylation sites (tertiary alicyclic amines) is 1. The van der Waals surface area contributed by atoms with Crippen LogP contribution in [0.15, 0.2) is 24.3 Å². The van der Waals surface area contributed by atoms with Crippen molar-refractivity contribution in [1.82, 2.24) is 15.5 Å². The van der Waals surface area contributed by atoms with Crippen LogP contribution in [0.2, 0.25) is 0 Å². The summed E-state index contributed by atoms with van der Waals surface area (Å²) in [6.07, 6.45) is 4.29. The summed E-state index contributed by atoms with van der Waals surface area (Å²) in [5, 5.41) is 6.56. The first-order valence-electron chi connectivity index (χ1n) is 10.4. The molecule has 150 valence electrons. The fourth-order valence-corrected chi connectivity index (χ4v) is 4.54. The van der Waals surface area contributed by atoms with Crippen LogP contribution in [-0.2, 0) is 22.6 Å². The summed E-state index contributed by atoms with van der Waals surface area (Å²) in [6, 6.07) is 8.52. The molecule has 27 heavy (non-hydrogen) atoms. The second kappa shape index (κ2) is 9.67. The lowest BCUT2D eigenvalue weighted by molar-refractivity contribution is -0.136. The molecule has 2 heterocycles. The summed E-state index contributed by atoms with van der Waals surface area (Å²) in [7, 11) is 1.69. The number of hydrogen-bond donors (Lipinski definition) is 2. The van der Waals surface area contributed by atoms with E-state index in [9.17, 15) is 4.79 Å². The molecule has 0 saturated carbocycles. The number of hydrogen-bond acceptors (Lipinski definition) is 4. The van der Waals surface area contributed by atoms with Crippen molar-refractivity contribution in [2.75, 3.05) is 39.9 Å². The Hall–Kier alpha value is -1.43. The van der Waals surface area contributed by atoms with Gasteiger partial charge in [-0.05, 0) is 62.4 Å². The Morgan fingerprint density at radius 3 is 2.74 bits per heavy atom. The van der Waals surface area contributed by atoms with Crippen molar-refractivity contribution in [3.05, 3.63) is 35.4 Å². The molecule has 0 aromatic heterocycles. The molecule has 0 bridgehead atoms. The fraction of sp³-hybridized carbons (Fsp3) is 0.682. The van der Waals surface area contributed by atoms with Crippen molar-refractivity contribution in [1.29, 1.82) is 0 Å². The van der Waals surface area contributed by atoms with Gasteiger partial charge in [-0.15, -0.1) is 0 Å². The third-order valence-electron chi connectivity index (χ3n) is 6.16. The number of ether oxygens (including phenoxy) is 1. The molecule has 2 N–H and O–H groups in total. The van der Waals surface area contributed by atoms with Crippen LogP contribution >= 0.6 is 0 Å². The zero-order valence-electron chi connectivity index (χ0n) is 16.9. The maximum Gasteiger partial charge on any atom is 0.228 e. The van der Waals surface area contributed by atoms with E-state index in [2.05, 4.69) is 46.7 Å². The SMILES string of the molecule is COCC1(C(=O)NCc2ccccc2CN2CCCC(C)C2)CCNCC1. The van der Waals surface area contributed by atoms with Crippen molar-refractivity contribution in [3.8, 4) is 0 Å². The monoisotopic (exact) mass is 373 g/mol. The molecule has 5 heteroatoms. The summed E-state index contributed by atoms with van der Waals surface area (Å²) in [5.41, 5.74) is 2.17. The largest absolute Gasteiger partial charge is 0.384 e. The molecule has 2 aliphatic rings. The first-order valence-corrected chi connectivity index (χ1v) is 10.4. The number of amides is 1. The number of carbonyl (C=O) groups excluding carboxylic acids is 1. The van der Waals surface area contributed by atoms with Crippen LogP contribution in [0.1, 0.15) is 43.7 Å². The second-order valence-corrected chi connectivity index (χ2v) is 8.40. The fourth-order valence-electron chi connectivity index (χ4n) is 4.54. The van der Waals surface area contributed by atoms with Gasteiger partial charge >= 0.3 is 0 Å². The predicted octanol–water partition coefficient (Wildman–Crippen LogP) is 2.55. The highest BCUT2D eigenvalue weighted by Crippen LogP contribution is 2.29. The summed E-state index contributed by atoms with van der Waals surface area (Å²) in [6.45, 7) is 8.50. The Bertz CT molecular complexity index is 608. The number of nitrogens with zero attached hydrogens (tertiary/aromatic N) is 1. The van der Waals surface area contributed by atoms with Crippen LogP contribution in [0.25, 0.3) is 0 Å². The Balaban J connectivity index is 1.62. The third-order valence-corrected chi connectivity index (χ3v) is 6.16. The van der Waals surface area contributed by atoms with Crippen molar-refractivity contribution < 1.29 is 9.53 Å². The number of rotatable bonds is 7. The van der Waals surface area contributed by atoms with Gasteiger partial charge < -0.3 is 15.4 Å². The minimum Gasteiger partial charge on any atom is -0.384 e. The quantitative estimate of drug-likeness (QED) is 0.771. The van der Waals surface area contributed by atoms with Gasteiger partial charge in [0.05, 0.1) is 12.0 Å². The van der Waals surface area contributed by atoms with Gasteiger partial charge in [0.1, 0.15) is 0 Å². The van der Waals surface area contributed by atoms with Gasteiger partial charge in [-0.3, -0.25) is 9.69 Å². The average Bonchev–Trinajstić information content (AvgIpc) is 2.68. The lowest BCUT2D eigenvalue weighted by Crippen LogP contribution is -2.50. The molecular weight excluding hydrogens is 338 g/mol. The molecule has 1 atom stereocenters. The van der Waals surface area contributed by atoms with Crippen molar-refractivity contribution in [2.24, 2.45) is 11.3 Å². The number of nitrogens with one attached hydrogen (secondary N) is 2. The van der Waals surface area contributed by atoms with Crippen LogP contribution in [0.5, 0.6) is 0 Å². The van der Waals surface area contributed by atoms with E-state index in [1.165, 1.54) is 37.1 Å². The number of benzene rings is 1. The van der Waals surface area contributed by atoms with Crippen molar-refractivity contribution in [2.45, 2.75) is 45.7 Å². The van der Waals surface area contributed by atoms with Crippen LogP contribution in [0.4, 0.5) is 0 Å². The lowest BCUT2D eigenvalue weighted by atomic mass is 9.78. The van der Waals surface area contributed by atoms with E-state index < -0.39 is 5.41 Å². The van der Waals surface area contributed by atoms with Gasteiger partial charge in [-0.25, -0.2) is 0 Å². The third kappa shape index (κ3) is 5.31.